The molecular formula is C111H251N19. The van der Waals surface area contributed by atoms with Gasteiger partial charge in [0.05, 0.1) is 6.04 Å². The molecule has 0 radical (unpaired) electrons. The first-order valence-corrected chi connectivity index (χ1v) is 55.1. The maximum absolute atomic E-state index is 5.71. The summed E-state index contributed by atoms with van der Waals surface area (Å²) < 4.78 is 0. The van der Waals surface area contributed by atoms with E-state index in [2.05, 4.69) is 224 Å². The standard InChI is InChI=1S/C10H21N3.5C10H21N.C9H19N.4C5H12N2.2C5H11N.6C2H6/c1-10(2,3)6-7-4-8(5-7)13-9(11)12;5*1-10(2,3)5-4-8-6-9(11)7-8;1-9(2,3)6-7-4-8(10)5-7;4*1-4-2-5(6)3-7-4;2*1-5-2-3-6-4-5;6*1-2/h7-8H,4-6H2,1-3H3,(H4,11,12,13);5*8-9H,4-7,11H2,1-3H3;7-8H,4-6,10H2,1-3H3;4*4-5,7H,2-3,6H2,1H3;2*5-6H,2-4H2,1H3;6*1-2H3/t;;;;;;;2*4-,5+;2*4-,5-;2*5-;;;;;;/m.......101010....../s1. The smallest absolute Gasteiger partial charge is 0.186 e. The Hall–Kier alpha value is -1.37. The van der Waals surface area contributed by atoms with Crippen molar-refractivity contribution in [1.29, 1.82) is 0 Å². The molecule has 10 atom stereocenters. The van der Waals surface area contributed by atoms with Gasteiger partial charge in [-0.15, -0.1) is 0 Å². The second kappa shape index (κ2) is 77.4. The zero-order valence-corrected chi connectivity index (χ0v) is 95.5. The third kappa shape index (κ3) is 90.5. The first kappa shape index (κ1) is 139. The fraction of sp³-hybridized carbons (Fsp3) is 0.991. The van der Waals surface area contributed by atoms with E-state index in [4.69, 9.17) is 68.8 Å². The molecule has 7 saturated carbocycles. The Bertz CT molecular complexity index is 2130. The highest BCUT2D eigenvalue weighted by molar-refractivity contribution is 5.75. The minimum absolute atomic E-state index is 0.235. The van der Waals surface area contributed by atoms with Gasteiger partial charge in [-0.1, -0.05) is 242 Å². The van der Waals surface area contributed by atoms with Crippen LogP contribution in [0.4, 0.5) is 0 Å². The van der Waals surface area contributed by atoms with Crippen LogP contribution in [0.1, 0.15) is 475 Å². The number of hydrogen-bond donors (Lipinski definition) is 18. The lowest BCUT2D eigenvalue weighted by atomic mass is 9.72. The summed E-state index contributed by atoms with van der Waals surface area (Å²) in [6, 6.07) is 7.80. The van der Waals surface area contributed by atoms with Crippen molar-refractivity contribution in [3.05, 3.63) is 0 Å². The van der Waals surface area contributed by atoms with Gasteiger partial charge < -0.3 is 101 Å². The highest BCUT2D eigenvalue weighted by Gasteiger charge is 2.35. The third-order valence-corrected chi connectivity index (χ3v) is 25.6. The Morgan fingerprint density at radius 2 is 0.415 bits per heavy atom. The van der Waals surface area contributed by atoms with Crippen LogP contribution >= 0.6 is 0 Å². The topological polar surface area (TPSA) is 397 Å². The van der Waals surface area contributed by atoms with Gasteiger partial charge in [0.25, 0.3) is 0 Å². The van der Waals surface area contributed by atoms with Crippen molar-refractivity contribution in [2.45, 2.75) is 566 Å². The van der Waals surface area contributed by atoms with Crippen molar-refractivity contribution < 1.29 is 0 Å². The maximum atomic E-state index is 5.71. The Morgan fingerprint density at radius 3 is 0.515 bits per heavy atom. The molecule has 13 rings (SSSR count). The molecule has 13 fully saturated rings. The maximum Gasteiger partial charge on any atom is 0.186 e. The second-order valence-electron chi connectivity index (χ2n) is 49.6. The molecule has 790 valence electrons. The van der Waals surface area contributed by atoms with Crippen LogP contribution in [0, 0.1) is 91.2 Å². The fourth-order valence-corrected chi connectivity index (χ4v) is 17.7. The SMILES string of the molecule is CC.CC.CC.CC.CC.CC.CC(C)(C)CC1CC(N)C1.CC(C)(C)CC1CC(N=C(N)N)C1.CC(C)(C)CCC1CC(N)C1.CC(C)(C)CCC1CC(N)C1.CC(C)(C)CCC1CC(N)C1.CC(C)(C)CCC1CC(N)C1.CC(C)(C)CCC1CC(N)C1.C[C@@H]1CCNC1.C[C@@H]1C[C@@H](N)CN1.C[C@@H]1C[C@H](N)CN1.C[C@H]1CCNC1.C[C@H]1C[C@@H](N)CN1.C[C@H]1C[C@H](N)CN1. The highest BCUT2D eigenvalue weighted by Crippen LogP contribution is 2.41. The van der Waals surface area contributed by atoms with Crippen molar-refractivity contribution in [3.63, 3.8) is 0 Å². The largest absolute Gasteiger partial charge is 0.370 e. The first-order chi connectivity index (χ1) is 60.1. The van der Waals surface area contributed by atoms with Gasteiger partial charge in [0, 0.05) is 111 Å². The van der Waals surface area contributed by atoms with Crippen LogP contribution in [0.25, 0.3) is 0 Å². The lowest BCUT2D eigenvalue weighted by molar-refractivity contribution is 0.181. The molecule has 0 unspecified atom stereocenters. The summed E-state index contributed by atoms with van der Waals surface area (Å²) in [6.07, 6.45) is 41.2. The molecule has 0 bridgehead atoms. The number of nitrogens with one attached hydrogen (secondary N) is 6. The molecule has 13 aliphatic rings. The number of nitrogens with two attached hydrogens (primary N) is 12. The van der Waals surface area contributed by atoms with E-state index < -0.39 is 0 Å². The van der Waals surface area contributed by atoms with E-state index in [0.29, 0.717) is 129 Å². The molecule has 30 N–H and O–H groups in total. The molecule has 6 aliphatic heterocycles. The quantitative estimate of drug-likeness (QED) is 0.0601. The Labute approximate surface area is 816 Å². The average Bonchev–Trinajstić information content (AvgIpc) is 1.09. The number of guanidine groups is 1. The Balaban J connectivity index is -0.000000319. The lowest BCUT2D eigenvalue weighted by Crippen LogP contribution is -2.37. The van der Waals surface area contributed by atoms with E-state index >= 15 is 0 Å². The number of nitrogens with zero attached hydrogens (tertiary/aromatic N) is 1. The molecule has 19 heteroatoms. The van der Waals surface area contributed by atoms with Gasteiger partial charge in [-0.05, 0) is 351 Å². The molecule has 0 spiro atoms. The van der Waals surface area contributed by atoms with Crippen LogP contribution in [-0.4, -0.2) is 149 Å². The van der Waals surface area contributed by atoms with Crippen LogP contribution in [0.5, 0.6) is 0 Å². The molecular weight excluding hydrogens is 1600 g/mol. The summed E-state index contributed by atoms with van der Waals surface area (Å²) in [7, 11) is 0. The summed E-state index contributed by atoms with van der Waals surface area (Å²) in [5, 5.41) is 19.5. The number of rotatable bonds is 13. The summed E-state index contributed by atoms with van der Waals surface area (Å²) in [5.74, 6) is 8.60. The van der Waals surface area contributed by atoms with E-state index in [0.717, 1.165) is 118 Å². The van der Waals surface area contributed by atoms with E-state index in [1.165, 1.54) is 193 Å². The Morgan fingerprint density at radius 1 is 0.238 bits per heavy atom. The molecule has 130 heavy (non-hydrogen) atoms. The van der Waals surface area contributed by atoms with Gasteiger partial charge in [-0.3, -0.25) is 4.99 Å². The first-order valence-electron chi connectivity index (χ1n) is 55.1. The van der Waals surface area contributed by atoms with Gasteiger partial charge in [-0.2, -0.15) is 0 Å². The van der Waals surface area contributed by atoms with Crippen LogP contribution < -0.4 is 101 Å². The van der Waals surface area contributed by atoms with Gasteiger partial charge in [-0.25, -0.2) is 0 Å². The van der Waals surface area contributed by atoms with Crippen molar-refractivity contribution in [1.82, 2.24) is 31.9 Å². The van der Waals surface area contributed by atoms with E-state index in [1.807, 2.05) is 83.1 Å². The summed E-state index contributed by atoms with van der Waals surface area (Å²) in [6.45, 7) is 94.6. The zero-order valence-electron chi connectivity index (χ0n) is 95.5. The van der Waals surface area contributed by atoms with Gasteiger partial charge in [0.15, 0.2) is 5.96 Å². The predicted octanol–water partition coefficient (Wildman–Crippen LogP) is 22.6. The van der Waals surface area contributed by atoms with Crippen LogP contribution in [-0.2, 0) is 0 Å². The molecule has 6 heterocycles. The van der Waals surface area contributed by atoms with Crippen molar-refractivity contribution in [2.75, 3.05) is 52.4 Å². The molecule has 0 aromatic rings. The lowest BCUT2D eigenvalue weighted by Gasteiger charge is -2.36. The van der Waals surface area contributed by atoms with E-state index in [-0.39, 0.29) is 5.96 Å². The molecule has 0 amide bonds. The van der Waals surface area contributed by atoms with Gasteiger partial charge >= 0.3 is 0 Å². The molecule has 0 aromatic heterocycles. The van der Waals surface area contributed by atoms with Crippen LogP contribution in [0.2, 0.25) is 0 Å². The van der Waals surface area contributed by atoms with Crippen molar-refractivity contribution in [2.24, 2.45) is 165 Å². The van der Waals surface area contributed by atoms with Crippen molar-refractivity contribution in [3.8, 4) is 0 Å². The van der Waals surface area contributed by atoms with Gasteiger partial charge in [0.2, 0.25) is 0 Å². The monoisotopic (exact) mass is 1850 g/mol. The molecule has 7 aliphatic carbocycles. The average molecular weight is 1850 g/mol. The fourth-order valence-electron chi connectivity index (χ4n) is 17.7. The summed E-state index contributed by atoms with van der Waals surface area (Å²) in [4.78, 5) is 4.14. The minimum Gasteiger partial charge on any atom is -0.370 e. The highest BCUT2D eigenvalue weighted by atomic mass is 15.0. The zero-order chi connectivity index (χ0) is 102. The molecule has 6 saturated heterocycles. The third-order valence-electron chi connectivity index (χ3n) is 25.6. The summed E-state index contributed by atoms with van der Waals surface area (Å²) in [5.41, 5.74) is 70.6. The van der Waals surface area contributed by atoms with E-state index in [9.17, 15) is 0 Å². The second-order valence-corrected chi connectivity index (χ2v) is 49.6. The van der Waals surface area contributed by atoms with Crippen LogP contribution in [0.15, 0.2) is 4.99 Å². The molecule has 0 aromatic carbocycles. The summed E-state index contributed by atoms with van der Waals surface area (Å²) >= 11 is 0. The Kier molecular flexibility index (Phi) is 82.9. The molecule has 19 nitrogen and oxygen atoms in total. The van der Waals surface area contributed by atoms with E-state index in [1.54, 1.807) is 0 Å². The predicted molar refractivity (Wildman–Crippen MR) is 590 cm³/mol. The number of hydrogen-bond acceptors (Lipinski definition) is 17. The van der Waals surface area contributed by atoms with Crippen molar-refractivity contribution >= 4 is 5.96 Å². The van der Waals surface area contributed by atoms with Gasteiger partial charge in [0.1, 0.15) is 0 Å². The minimum atomic E-state index is 0.235. The normalized spacial score (nSPS) is 31.3. The van der Waals surface area contributed by atoms with Crippen LogP contribution in [0.3, 0.4) is 0 Å². The number of aliphatic imine (C=N–C) groups is 1.